The first-order chi connectivity index (χ1) is 11.6. The summed E-state index contributed by atoms with van der Waals surface area (Å²) in [4.78, 5) is 27.5. The molecule has 1 unspecified atom stereocenters. The van der Waals surface area contributed by atoms with E-state index >= 15 is 0 Å². The molecular weight excluding hydrogens is 328 g/mol. The molecule has 0 aliphatic heterocycles. The van der Waals surface area contributed by atoms with Crippen LogP contribution in [0.1, 0.15) is 19.3 Å². The summed E-state index contributed by atoms with van der Waals surface area (Å²) in [5, 5.41) is 16.1. The Morgan fingerprint density at radius 3 is 2.67 bits per heavy atom. The van der Waals surface area contributed by atoms with E-state index in [0.29, 0.717) is 24.5 Å². The Labute approximate surface area is 143 Å². The number of carbonyl (C=O) groups is 2. The normalized spacial score (nSPS) is 11.7. The summed E-state index contributed by atoms with van der Waals surface area (Å²) in [6, 6.07) is 8.79. The summed E-state index contributed by atoms with van der Waals surface area (Å²) in [6.07, 6.45) is 0.571. The van der Waals surface area contributed by atoms with Gasteiger partial charge < -0.3 is 21.5 Å². The van der Waals surface area contributed by atoms with Gasteiger partial charge in [-0.05, 0) is 25.8 Å². The lowest BCUT2D eigenvalue weighted by atomic mass is 10.1. The van der Waals surface area contributed by atoms with Crippen LogP contribution >= 0.6 is 11.3 Å². The number of nitrogens with one attached hydrogen (secondary N) is 2. The summed E-state index contributed by atoms with van der Waals surface area (Å²) in [5.74, 6) is -0.414. The topological polar surface area (TPSA) is 117 Å². The number of nitrogens with zero attached hydrogens (tertiary/aromatic N) is 1. The molecule has 0 radical (unpaired) electrons. The number of carboxylic acid groups (broad SMARTS) is 1. The van der Waals surface area contributed by atoms with Gasteiger partial charge in [-0.15, -0.1) is 11.3 Å². The molecule has 1 aromatic carbocycles. The van der Waals surface area contributed by atoms with E-state index in [-0.39, 0.29) is 0 Å². The van der Waals surface area contributed by atoms with Crippen LogP contribution in [0, 0.1) is 0 Å². The second-order valence-corrected chi connectivity index (χ2v) is 6.04. The van der Waals surface area contributed by atoms with E-state index in [1.807, 2.05) is 35.7 Å². The number of hydrogen-bond acceptors (Lipinski definition) is 5. The quantitative estimate of drug-likeness (QED) is 0.547. The Morgan fingerprint density at radius 2 is 2.00 bits per heavy atom. The van der Waals surface area contributed by atoms with Crippen LogP contribution in [0.5, 0.6) is 0 Å². The van der Waals surface area contributed by atoms with Crippen molar-refractivity contribution in [2.75, 3.05) is 11.9 Å². The van der Waals surface area contributed by atoms with E-state index in [0.717, 1.165) is 17.7 Å². The van der Waals surface area contributed by atoms with Gasteiger partial charge in [0.15, 0.2) is 5.13 Å². The first kappa shape index (κ1) is 17.9. The molecule has 1 atom stereocenters. The van der Waals surface area contributed by atoms with Crippen molar-refractivity contribution in [3.8, 4) is 11.3 Å². The molecule has 128 valence electrons. The average Bonchev–Trinajstić information content (AvgIpc) is 3.03. The molecule has 2 aromatic rings. The molecule has 7 nitrogen and oxygen atoms in total. The number of unbranched alkanes of at least 4 members (excludes halogenated alkanes) is 1. The summed E-state index contributed by atoms with van der Waals surface area (Å²) in [7, 11) is 0. The van der Waals surface area contributed by atoms with Crippen LogP contribution in [0.4, 0.5) is 9.93 Å². The highest BCUT2D eigenvalue weighted by Gasteiger charge is 2.21. The third-order valence-corrected chi connectivity index (χ3v) is 4.12. The number of anilines is 1. The van der Waals surface area contributed by atoms with Gasteiger partial charge in [0.25, 0.3) is 0 Å². The lowest BCUT2D eigenvalue weighted by Gasteiger charge is -2.15. The molecule has 8 heteroatoms. The minimum Gasteiger partial charge on any atom is -0.465 e. The van der Waals surface area contributed by atoms with Gasteiger partial charge in [0, 0.05) is 10.9 Å². The Kier molecular flexibility index (Phi) is 6.71. The molecule has 2 amide bonds. The van der Waals surface area contributed by atoms with Gasteiger partial charge >= 0.3 is 6.09 Å². The monoisotopic (exact) mass is 348 g/mol. The standard InChI is InChI=1S/C16H20N4O3S/c17-9-5-4-8-12(19-16(22)23)14(21)20-15-18-13(10-24-15)11-6-2-1-3-7-11/h1-3,6-7,10,12,19H,4-5,8-9,17H2,(H,22,23)(H,18,20,21). The molecule has 0 spiro atoms. The van der Waals surface area contributed by atoms with Crippen molar-refractivity contribution in [3.63, 3.8) is 0 Å². The molecule has 0 saturated heterocycles. The van der Waals surface area contributed by atoms with Crippen molar-refractivity contribution < 1.29 is 14.7 Å². The number of hydrogen-bond donors (Lipinski definition) is 4. The number of rotatable bonds is 8. The Hall–Kier alpha value is -2.45. The highest BCUT2D eigenvalue weighted by Crippen LogP contribution is 2.24. The summed E-state index contributed by atoms with van der Waals surface area (Å²) in [6.45, 7) is 0.508. The zero-order valence-electron chi connectivity index (χ0n) is 13.1. The number of aromatic nitrogens is 1. The Balaban J connectivity index is 2.00. The van der Waals surface area contributed by atoms with Gasteiger partial charge in [0.1, 0.15) is 6.04 Å². The van der Waals surface area contributed by atoms with Gasteiger partial charge in [0.2, 0.25) is 5.91 Å². The predicted octanol–water partition coefficient (Wildman–Crippen LogP) is 2.51. The van der Waals surface area contributed by atoms with Gasteiger partial charge in [-0.2, -0.15) is 0 Å². The fraction of sp³-hybridized carbons (Fsp3) is 0.312. The SMILES string of the molecule is NCCCCC(NC(=O)O)C(=O)Nc1nc(-c2ccccc2)cs1. The van der Waals surface area contributed by atoms with E-state index in [4.69, 9.17) is 10.8 Å². The van der Waals surface area contributed by atoms with Crippen LogP contribution < -0.4 is 16.4 Å². The van der Waals surface area contributed by atoms with Crippen LogP contribution in [0.3, 0.4) is 0 Å². The predicted molar refractivity (Wildman–Crippen MR) is 94.0 cm³/mol. The van der Waals surface area contributed by atoms with E-state index < -0.39 is 18.0 Å². The second kappa shape index (κ2) is 8.99. The molecule has 1 heterocycles. The number of benzene rings is 1. The van der Waals surface area contributed by atoms with Crippen LogP contribution in [0.25, 0.3) is 11.3 Å². The maximum Gasteiger partial charge on any atom is 0.405 e. The molecule has 1 aromatic heterocycles. The number of nitrogens with two attached hydrogens (primary N) is 1. The van der Waals surface area contributed by atoms with Crippen molar-refractivity contribution in [3.05, 3.63) is 35.7 Å². The van der Waals surface area contributed by atoms with E-state index in [9.17, 15) is 9.59 Å². The van der Waals surface area contributed by atoms with Crippen molar-refractivity contribution in [2.45, 2.75) is 25.3 Å². The zero-order valence-corrected chi connectivity index (χ0v) is 13.9. The van der Waals surface area contributed by atoms with E-state index in [1.54, 1.807) is 0 Å². The van der Waals surface area contributed by atoms with Crippen molar-refractivity contribution >= 4 is 28.5 Å². The largest absolute Gasteiger partial charge is 0.465 e. The summed E-state index contributed by atoms with van der Waals surface area (Å²) < 4.78 is 0. The fourth-order valence-electron chi connectivity index (χ4n) is 2.18. The molecule has 24 heavy (non-hydrogen) atoms. The van der Waals surface area contributed by atoms with E-state index in [2.05, 4.69) is 15.6 Å². The lowest BCUT2D eigenvalue weighted by molar-refractivity contribution is -0.118. The van der Waals surface area contributed by atoms with Crippen LogP contribution in [-0.2, 0) is 4.79 Å². The first-order valence-electron chi connectivity index (χ1n) is 7.61. The lowest BCUT2D eigenvalue weighted by Crippen LogP contribution is -2.43. The number of carbonyl (C=O) groups excluding carboxylic acids is 1. The van der Waals surface area contributed by atoms with Gasteiger partial charge in [0.05, 0.1) is 5.69 Å². The molecule has 0 saturated carbocycles. The molecule has 0 aliphatic carbocycles. The third kappa shape index (κ3) is 5.32. The first-order valence-corrected chi connectivity index (χ1v) is 8.49. The fourth-order valence-corrected chi connectivity index (χ4v) is 2.90. The maximum absolute atomic E-state index is 12.3. The average molecular weight is 348 g/mol. The molecular formula is C16H20N4O3S. The van der Waals surface area contributed by atoms with Crippen LogP contribution in [0.2, 0.25) is 0 Å². The Morgan fingerprint density at radius 1 is 1.25 bits per heavy atom. The van der Waals surface area contributed by atoms with Crippen LogP contribution in [-0.4, -0.2) is 34.7 Å². The number of thiazole rings is 1. The summed E-state index contributed by atoms with van der Waals surface area (Å²) >= 11 is 1.30. The minimum absolute atomic E-state index is 0.395. The highest BCUT2D eigenvalue weighted by molar-refractivity contribution is 7.14. The highest BCUT2D eigenvalue weighted by atomic mass is 32.1. The second-order valence-electron chi connectivity index (χ2n) is 5.18. The molecule has 0 aliphatic rings. The number of amides is 2. The van der Waals surface area contributed by atoms with Crippen molar-refractivity contribution in [1.82, 2.24) is 10.3 Å². The van der Waals surface area contributed by atoms with Gasteiger partial charge in [-0.1, -0.05) is 30.3 Å². The Bertz CT molecular complexity index is 675. The molecule has 5 N–H and O–H groups in total. The van der Waals surface area contributed by atoms with Crippen LogP contribution in [0.15, 0.2) is 35.7 Å². The zero-order chi connectivity index (χ0) is 17.4. The van der Waals surface area contributed by atoms with Gasteiger partial charge in [-0.25, -0.2) is 9.78 Å². The van der Waals surface area contributed by atoms with Gasteiger partial charge in [-0.3, -0.25) is 4.79 Å². The molecule has 0 fully saturated rings. The minimum atomic E-state index is -1.23. The molecule has 0 bridgehead atoms. The maximum atomic E-state index is 12.3. The smallest absolute Gasteiger partial charge is 0.405 e. The molecule has 2 rings (SSSR count). The van der Waals surface area contributed by atoms with Crippen molar-refractivity contribution in [2.24, 2.45) is 5.73 Å². The summed E-state index contributed by atoms with van der Waals surface area (Å²) in [5.41, 5.74) is 7.15. The van der Waals surface area contributed by atoms with Crippen molar-refractivity contribution in [1.29, 1.82) is 0 Å². The van der Waals surface area contributed by atoms with E-state index in [1.165, 1.54) is 11.3 Å². The third-order valence-electron chi connectivity index (χ3n) is 3.36.